The highest BCUT2D eigenvalue weighted by atomic mass is 35.5. The van der Waals surface area contributed by atoms with Crippen molar-refractivity contribution in [2.24, 2.45) is 11.8 Å². The minimum atomic E-state index is -1.18. The highest BCUT2D eigenvalue weighted by molar-refractivity contribution is 6.30. The molecule has 5 heterocycles. The number of likely N-dealkylation sites (tertiary alicyclic amines) is 1. The van der Waals surface area contributed by atoms with Crippen molar-refractivity contribution >= 4 is 28.6 Å². The molecule has 8 rings (SSSR count). The fourth-order valence-corrected chi connectivity index (χ4v) is 7.03. The van der Waals surface area contributed by atoms with Crippen LogP contribution in [-0.2, 0) is 25.4 Å². The van der Waals surface area contributed by atoms with Gasteiger partial charge in [-0.2, -0.15) is 5.10 Å². The molecule has 44 heavy (non-hydrogen) atoms. The summed E-state index contributed by atoms with van der Waals surface area (Å²) in [6.45, 7) is 5.14. The van der Waals surface area contributed by atoms with Gasteiger partial charge in [0, 0.05) is 50.7 Å². The van der Waals surface area contributed by atoms with Crippen molar-refractivity contribution < 1.29 is 23.8 Å². The molecular formula is C32H28ClFN6O4. The third-order valence-electron chi connectivity index (χ3n) is 9.04. The number of piperidine rings is 1. The predicted molar refractivity (Wildman–Crippen MR) is 158 cm³/mol. The Morgan fingerprint density at radius 2 is 1.98 bits per heavy atom. The molecule has 1 aliphatic carbocycles. The van der Waals surface area contributed by atoms with Crippen LogP contribution in [0.1, 0.15) is 40.3 Å². The van der Waals surface area contributed by atoms with Gasteiger partial charge in [-0.1, -0.05) is 23.7 Å². The SMILES string of the molecule is C[C@@]1(c2ccc(Cl)cn2)Oc2cccc([C@@H]3[C@@H]4CN(Cc5nc6c(F)cc(C(=O)O)cc6n5CCn5cccn5)C[C@@H]43)c2O1. The van der Waals surface area contributed by atoms with Gasteiger partial charge in [0.1, 0.15) is 17.0 Å². The third kappa shape index (κ3) is 4.49. The van der Waals surface area contributed by atoms with Crippen LogP contribution in [0.3, 0.4) is 0 Å². The van der Waals surface area contributed by atoms with E-state index in [1.54, 1.807) is 23.1 Å². The smallest absolute Gasteiger partial charge is 0.335 e. The van der Waals surface area contributed by atoms with Crippen LogP contribution in [-0.4, -0.2) is 53.4 Å². The second kappa shape index (κ2) is 10.0. The zero-order valence-corrected chi connectivity index (χ0v) is 24.5. The summed E-state index contributed by atoms with van der Waals surface area (Å²) < 4.78 is 31.5. The minimum Gasteiger partial charge on any atom is -0.478 e. The van der Waals surface area contributed by atoms with E-state index in [2.05, 4.69) is 26.0 Å². The fourth-order valence-electron chi connectivity index (χ4n) is 6.92. The summed E-state index contributed by atoms with van der Waals surface area (Å²) in [5.41, 5.74) is 2.35. The van der Waals surface area contributed by atoms with Crippen molar-refractivity contribution in [3.05, 3.63) is 101 Å². The summed E-state index contributed by atoms with van der Waals surface area (Å²) in [6, 6.07) is 14.0. The Bertz CT molecular complexity index is 1900. The number of hydrogen-bond acceptors (Lipinski definition) is 7. The van der Waals surface area contributed by atoms with E-state index < -0.39 is 17.6 Å². The van der Waals surface area contributed by atoms with Crippen LogP contribution >= 0.6 is 11.6 Å². The lowest BCUT2D eigenvalue weighted by Gasteiger charge is -2.23. The van der Waals surface area contributed by atoms with Crippen molar-refractivity contribution in [3.63, 3.8) is 0 Å². The molecule has 2 fully saturated rings. The standard InChI is InChI=1S/C32H28ClFN6O4/c1-32(26-7-6-19(33)14-35-26)43-25-5-2-4-20(30(25)44-32)28-21-15-38(16-22(21)28)17-27-37-29-23(34)12-18(31(41)42)13-24(29)40(27)11-10-39-9-3-8-36-39/h2-9,12-14,21-22,28H,10-11,15-17H2,1H3,(H,41,42)/t21-,22+,28-,32-/m1/s1. The van der Waals surface area contributed by atoms with Gasteiger partial charge in [0.25, 0.3) is 5.79 Å². The maximum Gasteiger partial charge on any atom is 0.335 e. The first-order valence-electron chi connectivity index (χ1n) is 14.5. The number of carboxylic acids is 1. The summed E-state index contributed by atoms with van der Waals surface area (Å²) in [5.74, 6) is 0.568. The Morgan fingerprint density at radius 1 is 1.14 bits per heavy atom. The monoisotopic (exact) mass is 614 g/mol. The molecule has 3 aliphatic rings. The number of aromatic carboxylic acids is 1. The molecular weight excluding hydrogens is 587 g/mol. The molecule has 5 aromatic rings. The van der Waals surface area contributed by atoms with Gasteiger partial charge in [0.05, 0.1) is 29.2 Å². The van der Waals surface area contributed by atoms with Gasteiger partial charge in [-0.15, -0.1) is 0 Å². The molecule has 224 valence electrons. The second-order valence-electron chi connectivity index (χ2n) is 11.8. The number of carboxylic acid groups (broad SMARTS) is 1. The second-order valence-corrected chi connectivity index (χ2v) is 12.2. The number of imidazole rings is 1. The molecule has 12 heteroatoms. The zero-order chi connectivity index (χ0) is 30.2. The van der Waals surface area contributed by atoms with Crippen molar-refractivity contribution in [2.75, 3.05) is 13.1 Å². The summed E-state index contributed by atoms with van der Waals surface area (Å²) >= 11 is 6.04. The topological polar surface area (TPSA) is 108 Å². The maximum absolute atomic E-state index is 15.0. The highest BCUT2D eigenvalue weighted by Crippen LogP contribution is 2.62. The number of halogens is 2. The third-order valence-corrected chi connectivity index (χ3v) is 9.27. The van der Waals surface area contributed by atoms with Crippen LogP contribution in [0.15, 0.2) is 67.1 Å². The van der Waals surface area contributed by atoms with Crippen LogP contribution in [0, 0.1) is 17.7 Å². The number of fused-ring (bicyclic) bond motifs is 3. The van der Waals surface area contributed by atoms with E-state index >= 15 is 4.39 Å². The molecule has 4 atom stereocenters. The van der Waals surface area contributed by atoms with E-state index in [0.717, 1.165) is 30.5 Å². The number of aromatic nitrogens is 5. The molecule has 2 aliphatic heterocycles. The van der Waals surface area contributed by atoms with Crippen molar-refractivity contribution in [3.8, 4) is 11.5 Å². The van der Waals surface area contributed by atoms with Gasteiger partial charge in [-0.05, 0) is 54.2 Å². The van der Waals surface area contributed by atoms with Crippen LogP contribution in [0.25, 0.3) is 11.0 Å². The molecule has 1 saturated heterocycles. The number of para-hydroxylation sites is 1. The first kappa shape index (κ1) is 27.1. The molecule has 0 radical (unpaired) electrons. The first-order chi connectivity index (χ1) is 21.3. The first-order valence-corrected chi connectivity index (χ1v) is 14.9. The number of hydrogen-bond donors (Lipinski definition) is 1. The molecule has 2 aromatic carbocycles. The van der Waals surface area contributed by atoms with Crippen LogP contribution < -0.4 is 9.47 Å². The predicted octanol–water partition coefficient (Wildman–Crippen LogP) is 5.31. The lowest BCUT2D eigenvalue weighted by Crippen LogP contribution is -2.32. The number of carbonyl (C=O) groups is 1. The number of nitrogens with zero attached hydrogens (tertiary/aromatic N) is 6. The van der Waals surface area contributed by atoms with Gasteiger partial charge in [-0.25, -0.2) is 14.2 Å². The van der Waals surface area contributed by atoms with Gasteiger partial charge < -0.3 is 19.1 Å². The summed E-state index contributed by atoms with van der Waals surface area (Å²) in [7, 11) is 0. The number of rotatable bonds is 8. The van der Waals surface area contributed by atoms with Gasteiger partial charge in [0.15, 0.2) is 17.3 Å². The number of aryl methyl sites for hydroxylation is 2. The Kier molecular flexibility index (Phi) is 6.18. The number of pyridine rings is 1. The molecule has 1 saturated carbocycles. The number of benzene rings is 2. The van der Waals surface area contributed by atoms with Crippen molar-refractivity contribution in [1.29, 1.82) is 0 Å². The summed E-state index contributed by atoms with van der Waals surface area (Å²) in [6.07, 6.45) is 5.15. The van der Waals surface area contributed by atoms with Gasteiger partial charge in [-0.3, -0.25) is 14.6 Å². The number of ether oxygens (including phenoxy) is 2. The van der Waals surface area contributed by atoms with Crippen LogP contribution in [0.5, 0.6) is 11.5 Å². The van der Waals surface area contributed by atoms with E-state index in [4.69, 9.17) is 21.1 Å². The van der Waals surface area contributed by atoms with Crippen molar-refractivity contribution in [1.82, 2.24) is 29.2 Å². The zero-order valence-electron chi connectivity index (χ0n) is 23.7. The van der Waals surface area contributed by atoms with Gasteiger partial charge in [0.2, 0.25) is 0 Å². The molecule has 0 unspecified atom stereocenters. The lowest BCUT2D eigenvalue weighted by atomic mass is 10.0. The highest BCUT2D eigenvalue weighted by Gasteiger charge is 2.58. The quantitative estimate of drug-likeness (QED) is 0.251. The van der Waals surface area contributed by atoms with E-state index in [1.165, 1.54) is 6.07 Å². The Morgan fingerprint density at radius 3 is 2.70 bits per heavy atom. The Balaban J connectivity index is 1.01. The summed E-state index contributed by atoms with van der Waals surface area (Å²) in [5, 5.41) is 14.4. The van der Waals surface area contributed by atoms with E-state index in [9.17, 15) is 9.90 Å². The van der Waals surface area contributed by atoms with E-state index in [-0.39, 0.29) is 11.1 Å². The van der Waals surface area contributed by atoms with Crippen LogP contribution in [0.2, 0.25) is 5.02 Å². The molecule has 1 N–H and O–H groups in total. The molecule has 3 aromatic heterocycles. The Labute approximate surface area is 256 Å². The maximum atomic E-state index is 15.0. The molecule has 10 nitrogen and oxygen atoms in total. The largest absolute Gasteiger partial charge is 0.478 e. The van der Waals surface area contributed by atoms with Crippen LogP contribution in [0.4, 0.5) is 4.39 Å². The Hall–Kier alpha value is -4.48. The normalized spacial score (nSPS) is 23.8. The van der Waals surface area contributed by atoms with E-state index in [0.29, 0.717) is 65.2 Å². The summed E-state index contributed by atoms with van der Waals surface area (Å²) in [4.78, 5) is 23.1. The van der Waals surface area contributed by atoms with Gasteiger partial charge >= 0.3 is 5.97 Å². The minimum absolute atomic E-state index is 0.100. The lowest BCUT2D eigenvalue weighted by molar-refractivity contribution is -0.0721. The molecule has 0 spiro atoms. The average molecular weight is 615 g/mol. The average Bonchev–Trinajstić information content (AvgIpc) is 3.54. The van der Waals surface area contributed by atoms with E-state index in [1.807, 2.05) is 42.0 Å². The molecule has 0 bridgehead atoms. The molecule has 0 amide bonds. The fraction of sp³-hybridized carbons (Fsp3) is 0.312. The van der Waals surface area contributed by atoms with Crippen molar-refractivity contribution in [2.45, 2.75) is 38.3 Å².